The first-order chi connectivity index (χ1) is 7.00. The SMILES string of the molecule is Cn1nc(I)c2cc([N+](=O)[O-])c(F)cc21. The van der Waals surface area contributed by atoms with Crippen molar-refractivity contribution in [2.75, 3.05) is 0 Å². The first-order valence-electron chi connectivity index (χ1n) is 3.97. The molecule has 78 valence electrons. The van der Waals surface area contributed by atoms with Gasteiger partial charge in [0.1, 0.15) is 3.70 Å². The van der Waals surface area contributed by atoms with Gasteiger partial charge in [0, 0.05) is 24.6 Å². The lowest BCUT2D eigenvalue weighted by Crippen LogP contribution is -1.94. The molecule has 0 aliphatic rings. The Morgan fingerprint density at radius 1 is 1.60 bits per heavy atom. The maximum Gasteiger partial charge on any atom is 0.305 e. The smallest absolute Gasteiger partial charge is 0.267 e. The van der Waals surface area contributed by atoms with Gasteiger partial charge in [-0.1, -0.05) is 0 Å². The molecule has 0 fully saturated rings. The maximum absolute atomic E-state index is 13.3. The van der Waals surface area contributed by atoms with Crippen LogP contribution < -0.4 is 0 Å². The fraction of sp³-hybridized carbons (Fsp3) is 0.125. The van der Waals surface area contributed by atoms with Crippen molar-refractivity contribution >= 4 is 39.2 Å². The average Bonchev–Trinajstić information content (AvgIpc) is 2.41. The number of fused-ring (bicyclic) bond motifs is 1. The highest BCUT2D eigenvalue weighted by Crippen LogP contribution is 2.27. The van der Waals surface area contributed by atoms with Crippen LogP contribution in [0.4, 0.5) is 10.1 Å². The molecule has 0 N–H and O–H groups in total. The van der Waals surface area contributed by atoms with E-state index in [0.29, 0.717) is 14.6 Å². The molecule has 0 atom stereocenters. The van der Waals surface area contributed by atoms with E-state index in [4.69, 9.17) is 0 Å². The van der Waals surface area contributed by atoms with Crippen LogP contribution in [0.15, 0.2) is 12.1 Å². The van der Waals surface area contributed by atoms with E-state index >= 15 is 0 Å². The van der Waals surface area contributed by atoms with Crippen LogP contribution >= 0.6 is 22.6 Å². The molecular weight excluding hydrogens is 316 g/mol. The molecule has 0 unspecified atom stereocenters. The highest BCUT2D eigenvalue weighted by atomic mass is 127. The summed E-state index contributed by atoms with van der Waals surface area (Å²) < 4.78 is 15.4. The number of nitro benzene ring substituents is 1. The third kappa shape index (κ3) is 1.56. The minimum absolute atomic E-state index is 0.520. The molecule has 5 nitrogen and oxygen atoms in total. The zero-order valence-electron chi connectivity index (χ0n) is 7.57. The summed E-state index contributed by atoms with van der Waals surface area (Å²) in [5.74, 6) is -0.841. The van der Waals surface area contributed by atoms with Gasteiger partial charge < -0.3 is 0 Å². The molecule has 0 radical (unpaired) electrons. The van der Waals surface area contributed by atoms with Gasteiger partial charge in [-0.15, -0.1) is 0 Å². The lowest BCUT2D eigenvalue weighted by molar-refractivity contribution is -0.387. The summed E-state index contributed by atoms with van der Waals surface area (Å²) in [6.45, 7) is 0. The van der Waals surface area contributed by atoms with Crippen molar-refractivity contribution < 1.29 is 9.31 Å². The summed E-state index contributed by atoms with van der Waals surface area (Å²) in [4.78, 5) is 9.78. The number of aromatic nitrogens is 2. The van der Waals surface area contributed by atoms with Crippen LogP contribution in [-0.2, 0) is 7.05 Å². The fourth-order valence-corrected chi connectivity index (χ4v) is 2.12. The van der Waals surface area contributed by atoms with Crippen molar-refractivity contribution in [1.82, 2.24) is 9.78 Å². The Morgan fingerprint density at radius 2 is 2.27 bits per heavy atom. The van der Waals surface area contributed by atoms with Crippen LogP contribution in [-0.4, -0.2) is 14.7 Å². The lowest BCUT2D eigenvalue weighted by Gasteiger charge is -1.96. The van der Waals surface area contributed by atoms with Gasteiger partial charge in [-0.3, -0.25) is 14.8 Å². The number of rotatable bonds is 1. The highest BCUT2D eigenvalue weighted by Gasteiger charge is 2.18. The number of hydrogen-bond acceptors (Lipinski definition) is 3. The fourth-order valence-electron chi connectivity index (χ4n) is 1.36. The molecule has 1 aromatic carbocycles. The number of nitro groups is 1. The van der Waals surface area contributed by atoms with Crippen LogP contribution in [0.5, 0.6) is 0 Å². The first kappa shape index (κ1) is 10.3. The second-order valence-corrected chi connectivity index (χ2v) is 4.01. The van der Waals surface area contributed by atoms with E-state index in [0.717, 1.165) is 6.07 Å². The van der Waals surface area contributed by atoms with Crippen molar-refractivity contribution in [3.63, 3.8) is 0 Å². The third-order valence-electron chi connectivity index (χ3n) is 2.07. The molecule has 1 heterocycles. The second kappa shape index (κ2) is 3.40. The summed E-state index contributed by atoms with van der Waals surface area (Å²) in [6.07, 6.45) is 0. The van der Waals surface area contributed by atoms with E-state index in [1.54, 1.807) is 7.05 Å². The highest BCUT2D eigenvalue weighted by molar-refractivity contribution is 14.1. The van der Waals surface area contributed by atoms with E-state index in [1.807, 2.05) is 22.6 Å². The van der Waals surface area contributed by atoms with E-state index in [1.165, 1.54) is 10.7 Å². The molecule has 0 saturated heterocycles. The molecule has 7 heteroatoms. The van der Waals surface area contributed by atoms with Gasteiger partial charge >= 0.3 is 5.69 Å². The van der Waals surface area contributed by atoms with Gasteiger partial charge in [-0.05, 0) is 22.6 Å². The van der Waals surface area contributed by atoms with Crippen LogP contribution in [0.25, 0.3) is 10.9 Å². The Morgan fingerprint density at radius 3 is 2.87 bits per heavy atom. The monoisotopic (exact) mass is 321 g/mol. The van der Waals surface area contributed by atoms with Crippen LogP contribution in [0.2, 0.25) is 0 Å². The molecule has 1 aromatic heterocycles. The Balaban J connectivity index is 2.85. The van der Waals surface area contributed by atoms with Crippen molar-refractivity contribution in [1.29, 1.82) is 0 Å². The van der Waals surface area contributed by atoms with Crippen LogP contribution in [0.1, 0.15) is 0 Å². The summed E-state index contributed by atoms with van der Waals surface area (Å²) in [7, 11) is 1.66. The number of nitrogens with zero attached hydrogens (tertiary/aromatic N) is 3. The Bertz CT molecular complexity index is 567. The minimum atomic E-state index is -0.841. The van der Waals surface area contributed by atoms with E-state index in [2.05, 4.69) is 5.10 Å². The standard InChI is InChI=1S/C8H5FIN3O2/c1-12-6-3-5(9)7(13(14)15)2-4(6)8(10)11-12/h2-3H,1H3. The second-order valence-electron chi connectivity index (χ2n) is 2.99. The summed E-state index contributed by atoms with van der Waals surface area (Å²) >= 11 is 1.95. The predicted octanol–water partition coefficient (Wildman–Crippen LogP) is 2.23. The molecule has 15 heavy (non-hydrogen) atoms. The van der Waals surface area contributed by atoms with Gasteiger partial charge in [0.15, 0.2) is 0 Å². The van der Waals surface area contributed by atoms with E-state index in [9.17, 15) is 14.5 Å². The van der Waals surface area contributed by atoms with Crippen molar-refractivity contribution in [3.8, 4) is 0 Å². The van der Waals surface area contributed by atoms with Crippen molar-refractivity contribution in [2.24, 2.45) is 7.05 Å². The van der Waals surface area contributed by atoms with E-state index in [-0.39, 0.29) is 0 Å². The molecule has 0 spiro atoms. The lowest BCUT2D eigenvalue weighted by atomic mass is 10.2. The third-order valence-corrected chi connectivity index (χ3v) is 2.87. The Kier molecular flexibility index (Phi) is 2.33. The molecule has 2 rings (SSSR count). The van der Waals surface area contributed by atoms with Gasteiger partial charge in [-0.25, -0.2) is 0 Å². The van der Waals surface area contributed by atoms with Crippen molar-refractivity contribution in [2.45, 2.75) is 0 Å². The van der Waals surface area contributed by atoms with Gasteiger partial charge in [0.2, 0.25) is 5.82 Å². The molecule has 0 amide bonds. The predicted molar refractivity (Wildman–Crippen MR) is 60.0 cm³/mol. The normalized spacial score (nSPS) is 10.9. The number of benzene rings is 1. The van der Waals surface area contributed by atoms with Gasteiger partial charge in [0.25, 0.3) is 0 Å². The number of hydrogen-bond donors (Lipinski definition) is 0. The molecular formula is C8H5FIN3O2. The summed E-state index contributed by atoms with van der Waals surface area (Å²) in [5, 5.41) is 15.2. The summed E-state index contributed by atoms with van der Waals surface area (Å²) in [6, 6.07) is 2.34. The molecule has 0 aliphatic carbocycles. The Labute approximate surface area is 97.2 Å². The topological polar surface area (TPSA) is 61.0 Å². The first-order valence-corrected chi connectivity index (χ1v) is 5.04. The van der Waals surface area contributed by atoms with Gasteiger partial charge in [0.05, 0.1) is 10.4 Å². The largest absolute Gasteiger partial charge is 0.305 e. The molecule has 0 aliphatic heterocycles. The zero-order valence-corrected chi connectivity index (χ0v) is 9.73. The average molecular weight is 321 g/mol. The maximum atomic E-state index is 13.3. The Hall–Kier alpha value is -1.25. The quantitative estimate of drug-likeness (QED) is 0.460. The zero-order chi connectivity index (χ0) is 11.2. The van der Waals surface area contributed by atoms with E-state index < -0.39 is 16.4 Å². The van der Waals surface area contributed by atoms with Crippen molar-refractivity contribution in [3.05, 3.63) is 31.8 Å². The molecule has 0 saturated carbocycles. The van der Waals surface area contributed by atoms with Crippen LogP contribution in [0.3, 0.4) is 0 Å². The van der Waals surface area contributed by atoms with Gasteiger partial charge in [-0.2, -0.15) is 9.49 Å². The molecule has 2 aromatic rings. The number of halogens is 2. The van der Waals surface area contributed by atoms with Crippen LogP contribution in [0, 0.1) is 19.6 Å². The number of aryl methyl sites for hydroxylation is 1. The molecule has 0 bridgehead atoms. The minimum Gasteiger partial charge on any atom is -0.267 e. The summed E-state index contributed by atoms with van der Waals surface area (Å²) in [5.41, 5.74) is 0.0240.